The smallest absolute Gasteiger partial charge is 0.209 e. The molecular weight excluding hydrogens is 442 g/mol. The lowest BCUT2D eigenvalue weighted by Crippen LogP contribution is -2.33. The Bertz CT molecular complexity index is 1020. The molecule has 1 aromatic heterocycles. The predicted molar refractivity (Wildman–Crippen MR) is 119 cm³/mol. The Labute approximate surface area is 188 Å². The third-order valence-electron chi connectivity index (χ3n) is 5.39. The monoisotopic (exact) mass is 471 g/mol. The van der Waals surface area contributed by atoms with Crippen LogP contribution in [0.25, 0.3) is 0 Å². The highest BCUT2D eigenvalue weighted by atomic mass is 35.5. The van der Waals surface area contributed by atoms with E-state index in [0.717, 1.165) is 30.7 Å². The van der Waals surface area contributed by atoms with Gasteiger partial charge in [-0.15, -0.1) is 10.2 Å². The van der Waals surface area contributed by atoms with Gasteiger partial charge in [0.1, 0.15) is 5.82 Å². The van der Waals surface area contributed by atoms with Crippen LogP contribution in [0.4, 0.5) is 0 Å². The first kappa shape index (κ1) is 23.8. The van der Waals surface area contributed by atoms with Crippen molar-refractivity contribution in [3.8, 4) is 11.5 Å². The summed E-state index contributed by atoms with van der Waals surface area (Å²) in [7, 11) is -0.223. The maximum absolute atomic E-state index is 11.9. The molecule has 0 aliphatic carbocycles. The number of methoxy groups -OCH3 is 2. The van der Waals surface area contributed by atoms with Crippen molar-refractivity contribution in [3.63, 3.8) is 0 Å². The van der Waals surface area contributed by atoms with Crippen LogP contribution >= 0.6 is 11.6 Å². The van der Waals surface area contributed by atoms with Crippen LogP contribution < -0.4 is 14.2 Å². The fourth-order valence-corrected chi connectivity index (χ4v) is 4.92. The lowest BCUT2D eigenvalue weighted by atomic mass is 10.1. The zero-order valence-corrected chi connectivity index (χ0v) is 20.1. The van der Waals surface area contributed by atoms with Gasteiger partial charge in [-0.25, -0.2) is 13.1 Å². The molecule has 0 radical (unpaired) electrons. The molecule has 1 N–H and O–H groups in total. The summed E-state index contributed by atoms with van der Waals surface area (Å²) < 4.78 is 39.2. The van der Waals surface area contributed by atoms with Crippen LogP contribution in [0, 0.1) is 5.92 Å². The number of nitrogens with zero attached hydrogens (tertiary/aromatic N) is 4. The van der Waals surface area contributed by atoms with Gasteiger partial charge in [-0.1, -0.05) is 31.5 Å². The molecule has 31 heavy (non-hydrogen) atoms. The number of sulfonamides is 1. The molecule has 0 amide bonds. The van der Waals surface area contributed by atoms with E-state index in [9.17, 15) is 8.42 Å². The van der Waals surface area contributed by atoms with Gasteiger partial charge in [0.05, 0.1) is 31.5 Å². The van der Waals surface area contributed by atoms with Gasteiger partial charge >= 0.3 is 0 Å². The molecule has 9 nitrogen and oxygen atoms in total. The lowest BCUT2D eigenvalue weighted by molar-refractivity contribution is 0.268. The molecule has 0 fully saturated rings. The minimum absolute atomic E-state index is 0.0351. The van der Waals surface area contributed by atoms with Gasteiger partial charge in [0.25, 0.3) is 0 Å². The van der Waals surface area contributed by atoms with E-state index < -0.39 is 16.1 Å². The molecular formula is C20H30ClN5O4S. The Morgan fingerprint density at radius 2 is 1.90 bits per heavy atom. The normalized spacial score (nSPS) is 16.1. The van der Waals surface area contributed by atoms with E-state index in [0.29, 0.717) is 41.9 Å². The van der Waals surface area contributed by atoms with Crippen LogP contribution in [0.1, 0.15) is 37.1 Å². The minimum Gasteiger partial charge on any atom is -0.493 e. The average Bonchev–Trinajstić information content (AvgIpc) is 3.00. The quantitative estimate of drug-likeness (QED) is 0.630. The van der Waals surface area contributed by atoms with E-state index in [1.807, 2.05) is 30.5 Å². The summed E-state index contributed by atoms with van der Waals surface area (Å²) in [5.74, 6) is 2.68. The Morgan fingerprint density at radius 3 is 2.52 bits per heavy atom. The van der Waals surface area contributed by atoms with Crippen molar-refractivity contribution in [2.45, 2.75) is 39.4 Å². The number of aromatic nitrogens is 3. The van der Waals surface area contributed by atoms with E-state index in [4.69, 9.17) is 21.1 Å². The molecule has 3 rings (SSSR count). The van der Waals surface area contributed by atoms with E-state index in [1.165, 1.54) is 0 Å². The van der Waals surface area contributed by atoms with Crippen LogP contribution in [0.3, 0.4) is 0 Å². The molecule has 11 heteroatoms. The van der Waals surface area contributed by atoms with E-state index in [-0.39, 0.29) is 5.92 Å². The molecule has 1 atom stereocenters. The number of benzene rings is 1. The molecule has 0 saturated heterocycles. The van der Waals surface area contributed by atoms with Crippen LogP contribution in [-0.4, -0.2) is 61.6 Å². The van der Waals surface area contributed by atoms with E-state index >= 15 is 0 Å². The zero-order valence-electron chi connectivity index (χ0n) is 18.6. The summed E-state index contributed by atoms with van der Waals surface area (Å²) >= 11 is 6.56. The van der Waals surface area contributed by atoms with Gasteiger partial charge in [0.2, 0.25) is 10.0 Å². The number of rotatable bonds is 8. The SMILES string of the molecule is COc1ccc(CN2CCc3nnc([C@H](NS(C)(=O)=O)C(C)C)n3CC2)c(Cl)c1OC. The molecule has 1 aliphatic heterocycles. The third kappa shape index (κ3) is 5.49. The zero-order chi connectivity index (χ0) is 22.8. The topological polar surface area (TPSA) is 98.6 Å². The van der Waals surface area contributed by atoms with Gasteiger partial charge in [-0.05, 0) is 17.5 Å². The van der Waals surface area contributed by atoms with E-state index in [2.05, 4.69) is 19.8 Å². The molecule has 0 spiro atoms. The maximum atomic E-state index is 11.9. The fourth-order valence-electron chi connectivity index (χ4n) is 3.79. The van der Waals surface area contributed by atoms with Gasteiger partial charge in [-0.3, -0.25) is 4.90 Å². The maximum Gasteiger partial charge on any atom is 0.209 e. The highest BCUT2D eigenvalue weighted by molar-refractivity contribution is 7.88. The second-order valence-electron chi connectivity index (χ2n) is 8.04. The summed E-state index contributed by atoms with van der Waals surface area (Å²) in [6.07, 6.45) is 1.87. The second kappa shape index (κ2) is 9.72. The fraction of sp³-hybridized carbons (Fsp3) is 0.600. The first-order valence-corrected chi connectivity index (χ1v) is 12.4. The van der Waals surface area contributed by atoms with Crippen molar-refractivity contribution < 1.29 is 17.9 Å². The minimum atomic E-state index is -3.38. The van der Waals surface area contributed by atoms with Gasteiger partial charge < -0.3 is 14.0 Å². The largest absolute Gasteiger partial charge is 0.493 e. The Balaban J connectivity index is 1.78. The number of fused-ring (bicyclic) bond motifs is 1. The summed E-state index contributed by atoms with van der Waals surface area (Å²) in [5.41, 5.74) is 0.955. The van der Waals surface area contributed by atoms with Crippen molar-refractivity contribution in [2.24, 2.45) is 5.92 Å². The van der Waals surface area contributed by atoms with Crippen LogP contribution in [-0.2, 0) is 29.5 Å². The number of halogens is 1. The van der Waals surface area contributed by atoms with Gasteiger partial charge in [0, 0.05) is 32.6 Å². The van der Waals surface area contributed by atoms with E-state index in [1.54, 1.807) is 14.2 Å². The van der Waals surface area contributed by atoms with Crippen LogP contribution in [0.2, 0.25) is 5.02 Å². The molecule has 1 aromatic carbocycles. The average molecular weight is 472 g/mol. The standard InChI is InChI=1S/C20H30ClN5O4S/c1-13(2)18(24-31(5,27)28)20-23-22-16-8-9-25(10-11-26(16)20)12-14-6-7-15(29-3)19(30-4)17(14)21/h6-7,13,18,24H,8-12H2,1-5H3/t18-/m1/s1. The third-order valence-corrected chi connectivity index (χ3v) is 6.49. The van der Waals surface area contributed by atoms with Crippen LogP contribution in [0.15, 0.2) is 12.1 Å². The molecule has 2 aromatic rings. The summed E-state index contributed by atoms with van der Waals surface area (Å²) in [4.78, 5) is 2.29. The summed E-state index contributed by atoms with van der Waals surface area (Å²) in [6, 6.07) is 3.38. The first-order chi connectivity index (χ1) is 14.6. The molecule has 2 heterocycles. The molecule has 0 bridgehead atoms. The van der Waals surface area contributed by atoms with Crippen molar-refractivity contribution in [2.75, 3.05) is 33.6 Å². The Hall–Kier alpha value is -1.88. The van der Waals surface area contributed by atoms with Crippen molar-refractivity contribution >= 4 is 21.6 Å². The summed E-state index contributed by atoms with van der Waals surface area (Å²) in [5, 5.41) is 9.22. The van der Waals surface area contributed by atoms with Crippen molar-refractivity contribution in [1.82, 2.24) is 24.4 Å². The summed E-state index contributed by atoms with van der Waals surface area (Å²) in [6.45, 7) is 6.79. The van der Waals surface area contributed by atoms with Crippen molar-refractivity contribution in [1.29, 1.82) is 0 Å². The van der Waals surface area contributed by atoms with Crippen molar-refractivity contribution in [3.05, 3.63) is 34.4 Å². The first-order valence-electron chi connectivity index (χ1n) is 10.2. The van der Waals surface area contributed by atoms with Crippen LogP contribution in [0.5, 0.6) is 11.5 Å². The molecule has 0 unspecified atom stereocenters. The predicted octanol–water partition coefficient (Wildman–Crippen LogP) is 2.25. The highest BCUT2D eigenvalue weighted by Crippen LogP contribution is 2.37. The molecule has 172 valence electrons. The lowest BCUT2D eigenvalue weighted by Gasteiger charge is -2.23. The number of hydrogen-bond acceptors (Lipinski definition) is 7. The Morgan fingerprint density at radius 1 is 1.16 bits per heavy atom. The van der Waals surface area contributed by atoms with Gasteiger partial charge in [-0.2, -0.15) is 0 Å². The van der Waals surface area contributed by atoms with Gasteiger partial charge in [0.15, 0.2) is 17.3 Å². The number of ether oxygens (including phenoxy) is 2. The highest BCUT2D eigenvalue weighted by Gasteiger charge is 2.28. The number of hydrogen-bond donors (Lipinski definition) is 1. The second-order valence-corrected chi connectivity index (χ2v) is 10.2. The Kier molecular flexibility index (Phi) is 7.46. The number of nitrogens with one attached hydrogen (secondary N) is 1. The molecule has 1 aliphatic rings. The molecule has 0 saturated carbocycles.